The maximum absolute atomic E-state index is 12.6. The molecule has 0 aliphatic carbocycles. The number of unbranched alkanes of at least 4 members (excludes halogenated alkanes) is 2. The number of ether oxygens (including phenoxy) is 1. The minimum atomic E-state index is -0.698. The topological polar surface area (TPSA) is 155 Å². The van der Waals surface area contributed by atoms with E-state index in [4.69, 9.17) is 9.95 Å². The van der Waals surface area contributed by atoms with Gasteiger partial charge >= 0.3 is 11.6 Å². The third-order valence-corrected chi connectivity index (χ3v) is 6.28. The summed E-state index contributed by atoms with van der Waals surface area (Å²) in [6.45, 7) is 6.06. The molecule has 3 rings (SSSR count). The van der Waals surface area contributed by atoms with Gasteiger partial charge in [-0.3, -0.25) is 9.59 Å². The number of hydrogen-bond acceptors (Lipinski definition) is 8. The molecule has 39 heavy (non-hydrogen) atoms. The second-order valence-electron chi connectivity index (χ2n) is 8.78. The van der Waals surface area contributed by atoms with Crippen molar-refractivity contribution in [3.63, 3.8) is 0 Å². The molecule has 0 saturated heterocycles. The number of methoxy groups -OCH3 is 1. The predicted octanol–water partition coefficient (Wildman–Crippen LogP) is 5.54. The Kier molecular flexibility index (Phi) is 10.2. The number of hydrogen-bond donors (Lipinski definition) is 1. The van der Waals surface area contributed by atoms with Gasteiger partial charge in [0.15, 0.2) is 5.78 Å². The minimum absolute atomic E-state index is 0.0606. The number of esters is 1. The van der Waals surface area contributed by atoms with Crippen LogP contribution in [0.15, 0.2) is 56.8 Å². The van der Waals surface area contributed by atoms with Crippen LogP contribution in [-0.2, 0) is 4.74 Å². The Balaban J connectivity index is 1.52. The van der Waals surface area contributed by atoms with Crippen LogP contribution in [0.2, 0.25) is 0 Å². The van der Waals surface area contributed by atoms with Crippen LogP contribution < -0.4 is 15.8 Å². The quantitative estimate of drug-likeness (QED) is 0.0575. The predicted molar refractivity (Wildman–Crippen MR) is 148 cm³/mol. The van der Waals surface area contributed by atoms with Gasteiger partial charge < -0.3 is 19.4 Å². The Morgan fingerprint density at radius 1 is 1.03 bits per heavy atom. The zero-order valence-corrected chi connectivity index (χ0v) is 22.2. The first-order valence-corrected chi connectivity index (χ1v) is 12.7. The van der Waals surface area contributed by atoms with Gasteiger partial charge in [-0.15, -0.1) is 0 Å². The molecule has 0 radical (unpaired) electrons. The Bertz CT molecular complexity index is 1470. The average Bonchev–Trinajstić information content (AvgIpc) is 2.94. The number of ketones is 1. The number of nitrogens with one attached hydrogen (secondary N) is 1. The van der Waals surface area contributed by atoms with Crippen LogP contribution in [0.3, 0.4) is 0 Å². The molecule has 1 N–H and O–H groups in total. The lowest BCUT2D eigenvalue weighted by Gasteiger charge is -2.21. The number of carbonyl (C=O) groups is 3. The smallest absolute Gasteiger partial charge is 0.349 e. The molecule has 11 nitrogen and oxygen atoms in total. The van der Waals surface area contributed by atoms with Crippen LogP contribution in [0, 0.1) is 0 Å². The van der Waals surface area contributed by atoms with Gasteiger partial charge in [0.2, 0.25) is 0 Å². The number of benzene rings is 2. The van der Waals surface area contributed by atoms with Gasteiger partial charge in [-0.1, -0.05) is 11.5 Å². The molecule has 204 valence electrons. The van der Waals surface area contributed by atoms with E-state index in [1.807, 2.05) is 26.0 Å². The zero-order chi connectivity index (χ0) is 28.4. The lowest BCUT2D eigenvalue weighted by molar-refractivity contribution is 0.0600. The summed E-state index contributed by atoms with van der Waals surface area (Å²) in [5.41, 5.74) is 9.81. The van der Waals surface area contributed by atoms with Crippen LogP contribution in [0.1, 0.15) is 70.6 Å². The van der Waals surface area contributed by atoms with E-state index in [1.54, 1.807) is 6.07 Å². The van der Waals surface area contributed by atoms with E-state index in [-0.39, 0.29) is 34.6 Å². The van der Waals surface area contributed by atoms with Gasteiger partial charge in [0.05, 0.1) is 12.7 Å². The summed E-state index contributed by atoms with van der Waals surface area (Å²) in [5.74, 6) is -1.36. The molecule has 3 aromatic rings. The number of amides is 1. The molecule has 0 aliphatic rings. The highest BCUT2D eigenvalue weighted by Gasteiger charge is 2.15. The van der Waals surface area contributed by atoms with Crippen molar-refractivity contribution in [1.29, 1.82) is 0 Å². The third-order valence-electron chi connectivity index (χ3n) is 6.28. The number of rotatable bonds is 13. The normalized spacial score (nSPS) is 10.5. The third kappa shape index (κ3) is 7.45. The van der Waals surface area contributed by atoms with Crippen molar-refractivity contribution < 1.29 is 23.5 Å². The van der Waals surface area contributed by atoms with Gasteiger partial charge in [-0.25, -0.2) is 9.59 Å². The lowest BCUT2D eigenvalue weighted by Crippen LogP contribution is -2.29. The zero-order valence-electron chi connectivity index (χ0n) is 22.2. The van der Waals surface area contributed by atoms with E-state index in [0.29, 0.717) is 36.8 Å². The number of fused-ring (bicyclic) bond motifs is 1. The van der Waals surface area contributed by atoms with Gasteiger partial charge in [0.1, 0.15) is 11.1 Å². The molecular formula is C28H31N5O6. The maximum Gasteiger partial charge on any atom is 0.349 e. The van der Waals surface area contributed by atoms with Gasteiger partial charge in [-0.2, -0.15) is 0 Å². The molecule has 1 heterocycles. The number of carbonyl (C=O) groups excluding carboxylic acids is 3. The van der Waals surface area contributed by atoms with Crippen molar-refractivity contribution >= 4 is 40.0 Å². The monoisotopic (exact) mass is 533 g/mol. The first kappa shape index (κ1) is 28.9. The molecule has 0 atom stereocenters. The van der Waals surface area contributed by atoms with E-state index in [2.05, 4.69) is 25.0 Å². The fourth-order valence-electron chi connectivity index (χ4n) is 4.19. The minimum Gasteiger partial charge on any atom is -0.465 e. The highest BCUT2D eigenvalue weighted by atomic mass is 16.5. The Morgan fingerprint density at radius 3 is 2.46 bits per heavy atom. The summed E-state index contributed by atoms with van der Waals surface area (Å²) >= 11 is 0. The summed E-state index contributed by atoms with van der Waals surface area (Å²) < 4.78 is 10.1. The van der Waals surface area contributed by atoms with Crippen molar-refractivity contribution in [1.82, 2.24) is 5.32 Å². The molecule has 2 aromatic carbocycles. The number of anilines is 1. The van der Waals surface area contributed by atoms with Gasteiger partial charge in [0, 0.05) is 59.4 Å². The SMILES string of the molecule is CCN(CC)c1ccc2cc(C(=O)NCCCCCC(=O)c3cc(N=[N+]=[N-])cc(C(=O)OC)c3)c(=O)oc2c1. The van der Waals surface area contributed by atoms with E-state index in [9.17, 15) is 19.2 Å². The van der Waals surface area contributed by atoms with Crippen LogP contribution in [0.25, 0.3) is 21.4 Å². The first-order chi connectivity index (χ1) is 18.8. The van der Waals surface area contributed by atoms with E-state index < -0.39 is 17.5 Å². The molecule has 0 spiro atoms. The Morgan fingerprint density at radius 2 is 1.77 bits per heavy atom. The number of nitrogens with zero attached hydrogens (tertiary/aromatic N) is 4. The van der Waals surface area contributed by atoms with Crippen LogP contribution in [-0.4, -0.2) is 44.4 Å². The largest absolute Gasteiger partial charge is 0.465 e. The average molecular weight is 534 g/mol. The van der Waals surface area contributed by atoms with Gasteiger partial charge in [0.25, 0.3) is 5.91 Å². The number of Topliss-reactive ketones (excluding diaryl/α,β-unsaturated/α-hetero) is 1. The molecule has 0 fully saturated rings. The summed E-state index contributed by atoms with van der Waals surface area (Å²) in [6.07, 6.45) is 1.99. The van der Waals surface area contributed by atoms with E-state index >= 15 is 0 Å². The number of azide groups is 1. The summed E-state index contributed by atoms with van der Waals surface area (Å²) in [5, 5.41) is 6.87. The fraction of sp³-hybridized carbons (Fsp3) is 0.357. The molecular weight excluding hydrogens is 502 g/mol. The van der Waals surface area contributed by atoms with Crippen molar-refractivity contribution in [2.75, 3.05) is 31.6 Å². The second-order valence-corrected chi connectivity index (χ2v) is 8.78. The van der Waals surface area contributed by atoms with Crippen molar-refractivity contribution in [2.24, 2.45) is 5.11 Å². The summed E-state index contributed by atoms with van der Waals surface area (Å²) in [4.78, 5) is 54.4. The van der Waals surface area contributed by atoms with Crippen LogP contribution in [0.5, 0.6) is 0 Å². The molecule has 0 aliphatic heterocycles. The first-order valence-electron chi connectivity index (χ1n) is 12.7. The van der Waals surface area contributed by atoms with Crippen molar-refractivity contribution in [3.05, 3.63) is 80.0 Å². The van der Waals surface area contributed by atoms with Crippen molar-refractivity contribution in [2.45, 2.75) is 39.5 Å². The molecule has 0 bridgehead atoms. The van der Waals surface area contributed by atoms with E-state index in [1.165, 1.54) is 31.4 Å². The van der Waals surface area contributed by atoms with Crippen LogP contribution in [0.4, 0.5) is 11.4 Å². The molecule has 0 unspecified atom stereocenters. The summed E-state index contributed by atoms with van der Waals surface area (Å²) in [7, 11) is 1.22. The molecule has 1 amide bonds. The van der Waals surface area contributed by atoms with Gasteiger partial charge in [-0.05, 0) is 68.6 Å². The van der Waals surface area contributed by atoms with Crippen molar-refractivity contribution in [3.8, 4) is 0 Å². The maximum atomic E-state index is 12.6. The lowest BCUT2D eigenvalue weighted by atomic mass is 10.0. The second kappa shape index (κ2) is 13.8. The van der Waals surface area contributed by atoms with E-state index in [0.717, 1.165) is 18.8 Å². The molecule has 11 heteroatoms. The Labute approximate surface area is 225 Å². The highest BCUT2D eigenvalue weighted by molar-refractivity contribution is 6.00. The van der Waals surface area contributed by atoms with Crippen LogP contribution >= 0.6 is 0 Å². The molecule has 0 saturated carbocycles. The fourth-order valence-corrected chi connectivity index (χ4v) is 4.19. The highest BCUT2D eigenvalue weighted by Crippen LogP contribution is 2.23. The summed E-state index contributed by atoms with van der Waals surface area (Å²) in [6, 6.07) is 11.3. The molecule has 1 aromatic heterocycles. The standard InChI is InChI=1S/C28H31N5O6/c1-4-33(5-2)22-11-10-18-16-23(28(37)39-25(18)17-22)26(35)30-12-8-6-7-9-24(34)19-13-20(27(36)38-3)15-21(14-19)31-32-29/h10-11,13-17H,4-9,12H2,1-3H3,(H,30,35). The Hall–Kier alpha value is -4.63.